The Morgan fingerprint density at radius 2 is 1.78 bits per heavy atom. The van der Waals surface area contributed by atoms with E-state index in [4.69, 9.17) is 15.7 Å². The maximum absolute atomic E-state index is 13.5. The summed E-state index contributed by atoms with van der Waals surface area (Å²) in [6.07, 6.45) is 1.62. The van der Waals surface area contributed by atoms with E-state index in [1.807, 2.05) is 59.2 Å². The third kappa shape index (κ3) is 5.10. The van der Waals surface area contributed by atoms with Gasteiger partial charge in [-0.05, 0) is 72.3 Å². The fourth-order valence-corrected chi connectivity index (χ4v) is 4.57. The number of aromatic nitrogens is 4. The van der Waals surface area contributed by atoms with E-state index in [9.17, 15) is 14.4 Å². The van der Waals surface area contributed by atoms with Gasteiger partial charge in [0.2, 0.25) is 0 Å². The molecule has 0 fully saturated rings. The Morgan fingerprint density at radius 1 is 0.951 bits per heavy atom. The molecule has 3 aromatic carbocycles. The molecular formula is C32H22FN7O. The second-order valence-electron chi connectivity index (χ2n) is 9.30. The number of nitrogens with two attached hydrogens (primary N) is 1. The maximum atomic E-state index is 13.5. The zero-order valence-corrected chi connectivity index (χ0v) is 21.6. The van der Waals surface area contributed by atoms with Gasteiger partial charge in [-0.15, -0.1) is 0 Å². The van der Waals surface area contributed by atoms with Gasteiger partial charge in [0.1, 0.15) is 17.2 Å². The number of halogens is 1. The van der Waals surface area contributed by atoms with Crippen LogP contribution in [0.4, 0.5) is 10.2 Å². The van der Waals surface area contributed by atoms with E-state index < -0.39 is 5.82 Å². The monoisotopic (exact) mass is 539 g/mol. The number of nitriles is 1. The fraction of sp³-hybridized carbons (Fsp3) is 0.0312. The Kier molecular flexibility index (Phi) is 6.63. The molecule has 0 bridgehead atoms. The quantitative estimate of drug-likeness (QED) is 0.281. The van der Waals surface area contributed by atoms with E-state index in [1.54, 1.807) is 30.5 Å². The predicted molar refractivity (Wildman–Crippen MR) is 154 cm³/mol. The Labute approximate surface area is 234 Å². The average molecular weight is 540 g/mol. The standard InChI is InChI=1S/C32H22FN7O/c33-24-7-2-6-23(17-24)32(41)37-19-20-9-11-25(12-10-20)40-30(26-8-3-15-36-29(26)35)39-28-14-13-27(38-31(28)40)22-5-1-4-21(16-22)18-34/h1-17H,19H2,(H2,35,36)(H,37,41). The van der Waals surface area contributed by atoms with Crippen molar-refractivity contribution in [2.75, 3.05) is 5.73 Å². The van der Waals surface area contributed by atoms with Crippen molar-refractivity contribution < 1.29 is 9.18 Å². The van der Waals surface area contributed by atoms with Gasteiger partial charge < -0.3 is 11.1 Å². The highest BCUT2D eigenvalue weighted by Crippen LogP contribution is 2.32. The first-order valence-electron chi connectivity index (χ1n) is 12.7. The van der Waals surface area contributed by atoms with Crippen LogP contribution < -0.4 is 11.1 Å². The van der Waals surface area contributed by atoms with Crippen LogP contribution in [0.2, 0.25) is 0 Å². The summed E-state index contributed by atoms with van der Waals surface area (Å²) < 4.78 is 15.4. The molecule has 3 aromatic heterocycles. The minimum atomic E-state index is -0.464. The molecule has 8 nitrogen and oxygen atoms in total. The van der Waals surface area contributed by atoms with Gasteiger partial charge in [0.05, 0.1) is 22.9 Å². The Balaban J connectivity index is 1.39. The normalized spacial score (nSPS) is 10.8. The number of nitrogens with zero attached hydrogens (tertiary/aromatic N) is 5. The Morgan fingerprint density at radius 3 is 2.56 bits per heavy atom. The lowest BCUT2D eigenvalue weighted by atomic mass is 10.1. The molecule has 3 N–H and O–H groups in total. The maximum Gasteiger partial charge on any atom is 0.251 e. The van der Waals surface area contributed by atoms with Gasteiger partial charge in [-0.3, -0.25) is 9.36 Å². The first-order valence-corrected chi connectivity index (χ1v) is 12.7. The lowest BCUT2D eigenvalue weighted by molar-refractivity contribution is 0.0950. The molecule has 0 aliphatic rings. The lowest BCUT2D eigenvalue weighted by Gasteiger charge is -2.12. The first kappa shape index (κ1) is 25.4. The Hall–Kier alpha value is -5.88. The molecule has 9 heteroatoms. The lowest BCUT2D eigenvalue weighted by Crippen LogP contribution is -2.22. The molecular weight excluding hydrogens is 517 g/mol. The molecule has 6 aromatic rings. The van der Waals surface area contributed by atoms with Crippen molar-refractivity contribution in [2.24, 2.45) is 0 Å². The summed E-state index contributed by atoms with van der Waals surface area (Å²) in [7, 11) is 0. The summed E-state index contributed by atoms with van der Waals surface area (Å²) in [6.45, 7) is 0.264. The molecule has 0 aliphatic carbocycles. The number of amides is 1. The average Bonchev–Trinajstić information content (AvgIpc) is 3.39. The van der Waals surface area contributed by atoms with E-state index in [-0.39, 0.29) is 18.0 Å². The highest BCUT2D eigenvalue weighted by Gasteiger charge is 2.19. The number of anilines is 1. The molecule has 198 valence electrons. The number of hydrogen-bond acceptors (Lipinski definition) is 6. The number of carbonyl (C=O) groups excluding carboxylic acids is 1. The fourth-order valence-electron chi connectivity index (χ4n) is 4.57. The zero-order chi connectivity index (χ0) is 28.3. The van der Waals surface area contributed by atoms with Crippen LogP contribution in [0.1, 0.15) is 21.5 Å². The Bertz CT molecular complexity index is 1960. The number of carbonyl (C=O) groups is 1. The van der Waals surface area contributed by atoms with Crippen LogP contribution in [0.5, 0.6) is 0 Å². The number of pyridine rings is 2. The third-order valence-corrected chi connectivity index (χ3v) is 6.61. The van der Waals surface area contributed by atoms with Crippen LogP contribution in [0.25, 0.3) is 39.5 Å². The van der Waals surface area contributed by atoms with E-state index in [2.05, 4.69) is 16.4 Å². The molecule has 3 heterocycles. The second-order valence-corrected chi connectivity index (χ2v) is 9.30. The van der Waals surface area contributed by atoms with Crippen LogP contribution in [-0.4, -0.2) is 25.4 Å². The molecule has 0 saturated heterocycles. The summed E-state index contributed by atoms with van der Waals surface area (Å²) in [5.74, 6) is 0.0886. The van der Waals surface area contributed by atoms with Crippen molar-refractivity contribution in [3.63, 3.8) is 0 Å². The summed E-state index contributed by atoms with van der Waals surface area (Å²) in [6, 6.07) is 30.0. The molecule has 0 unspecified atom stereocenters. The molecule has 0 aliphatic heterocycles. The van der Waals surface area contributed by atoms with Crippen LogP contribution in [0.15, 0.2) is 103 Å². The summed E-state index contributed by atoms with van der Waals surface area (Å²) in [5.41, 5.74) is 12.1. The van der Waals surface area contributed by atoms with Gasteiger partial charge in [0.25, 0.3) is 5.91 Å². The van der Waals surface area contributed by atoms with E-state index in [0.29, 0.717) is 39.6 Å². The number of nitrogen functional groups attached to an aromatic ring is 1. The van der Waals surface area contributed by atoms with E-state index in [1.165, 1.54) is 18.2 Å². The molecule has 41 heavy (non-hydrogen) atoms. The highest BCUT2D eigenvalue weighted by molar-refractivity contribution is 5.94. The van der Waals surface area contributed by atoms with Gasteiger partial charge in [-0.25, -0.2) is 19.3 Å². The van der Waals surface area contributed by atoms with Crippen LogP contribution in [0.3, 0.4) is 0 Å². The van der Waals surface area contributed by atoms with Gasteiger partial charge in [-0.1, -0.05) is 30.3 Å². The second kappa shape index (κ2) is 10.7. The van der Waals surface area contributed by atoms with Gasteiger partial charge >= 0.3 is 0 Å². The first-order chi connectivity index (χ1) is 20.0. The summed E-state index contributed by atoms with van der Waals surface area (Å²) >= 11 is 0. The minimum absolute atomic E-state index is 0.257. The molecule has 0 radical (unpaired) electrons. The molecule has 0 atom stereocenters. The number of fused-ring (bicyclic) bond motifs is 1. The molecule has 1 amide bonds. The number of nitrogens with one attached hydrogen (secondary N) is 1. The van der Waals surface area contributed by atoms with Gasteiger partial charge in [0, 0.05) is 29.6 Å². The summed E-state index contributed by atoms with van der Waals surface area (Å²) in [5, 5.41) is 12.2. The van der Waals surface area contributed by atoms with Crippen molar-refractivity contribution in [3.8, 4) is 34.4 Å². The van der Waals surface area contributed by atoms with Crippen LogP contribution in [0, 0.1) is 17.1 Å². The van der Waals surface area contributed by atoms with Gasteiger partial charge in [-0.2, -0.15) is 5.26 Å². The molecule has 0 saturated carbocycles. The SMILES string of the molecule is N#Cc1cccc(-c2ccc3nc(-c4cccnc4N)n(-c4ccc(CNC(=O)c5cccc(F)c5)cc4)c3n2)c1. The highest BCUT2D eigenvalue weighted by atomic mass is 19.1. The van der Waals surface area contributed by atoms with Crippen LogP contribution in [-0.2, 0) is 6.54 Å². The number of hydrogen-bond donors (Lipinski definition) is 2. The van der Waals surface area contributed by atoms with E-state index in [0.717, 1.165) is 16.8 Å². The third-order valence-electron chi connectivity index (χ3n) is 6.61. The largest absolute Gasteiger partial charge is 0.383 e. The van der Waals surface area contributed by atoms with Crippen molar-refractivity contribution in [3.05, 3.63) is 126 Å². The molecule has 0 spiro atoms. The van der Waals surface area contributed by atoms with Crippen LogP contribution >= 0.6 is 0 Å². The number of benzene rings is 3. The van der Waals surface area contributed by atoms with E-state index >= 15 is 0 Å². The summed E-state index contributed by atoms with van der Waals surface area (Å²) in [4.78, 5) is 26.5. The smallest absolute Gasteiger partial charge is 0.251 e. The van der Waals surface area contributed by atoms with Crippen molar-refractivity contribution in [1.29, 1.82) is 5.26 Å². The molecule has 6 rings (SSSR count). The van der Waals surface area contributed by atoms with Crippen molar-refractivity contribution in [2.45, 2.75) is 6.54 Å². The number of rotatable bonds is 6. The zero-order valence-electron chi connectivity index (χ0n) is 21.6. The number of imidazole rings is 1. The minimum Gasteiger partial charge on any atom is -0.383 e. The van der Waals surface area contributed by atoms with Crippen molar-refractivity contribution in [1.82, 2.24) is 24.8 Å². The topological polar surface area (TPSA) is 123 Å². The van der Waals surface area contributed by atoms with Crippen molar-refractivity contribution >= 4 is 22.9 Å². The van der Waals surface area contributed by atoms with Gasteiger partial charge in [0.15, 0.2) is 11.5 Å². The predicted octanol–water partition coefficient (Wildman–Crippen LogP) is 5.67.